The summed E-state index contributed by atoms with van der Waals surface area (Å²) in [6.07, 6.45) is 0. The van der Waals surface area contributed by atoms with Crippen molar-refractivity contribution in [2.45, 2.75) is 6.04 Å². The Balaban J connectivity index is 2.05. The Labute approximate surface area is 69.4 Å². The molecule has 3 amide bonds. The average molecular weight is 173 g/mol. The van der Waals surface area contributed by atoms with Gasteiger partial charge in [-0.1, -0.05) is 0 Å². The first-order chi connectivity index (χ1) is 5.68. The van der Waals surface area contributed by atoms with Crippen LogP contribution in [0, 0.1) is 0 Å². The van der Waals surface area contributed by atoms with Gasteiger partial charge in [-0.2, -0.15) is 0 Å². The minimum absolute atomic E-state index is 0.0942. The number of rotatable bonds is 3. The van der Waals surface area contributed by atoms with Crippen LogP contribution in [0.4, 0.5) is 4.79 Å². The van der Waals surface area contributed by atoms with E-state index < -0.39 is 11.9 Å². The Hall–Kier alpha value is -1.14. The molecule has 1 aliphatic heterocycles. The summed E-state index contributed by atoms with van der Waals surface area (Å²) in [7, 11) is 0. The van der Waals surface area contributed by atoms with Crippen molar-refractivity contribution < 1.29 is 14.3 Å². The molecule has 0 aromatic carbocycles. The van der Waals surface area contributed by atoms with Crippen LogP contribution in [0.1, 0.15) is 0 Å². The molecular weight excluding hydrogens is 162 g/mol. The van der Waals surface area contributed by atoms with E-state index in [4.69, 9.17) is 10.5 Å². The van der Waals surface area contributed by atoms with Gasteiger partial charge in [-0.3, -0.25) is 10.1 Å². The van der Waals surface area contributed by atoms with Crippen LogP contribution in [-0.4, -0.2) is 37.7 Å². The van der Waals surface area contributed by atoms with Gasteiger partial charge in [0.25, 0.3) is 0 Å². The topological polar surface area (TPSA) is 93.5 Å². The van der Waals surface area contributed by atoms with Gasteiger partial charge in [-0.15, -0.1) is 0 Å². The lowest BCUT2D eigenvalue weighted by Gasteiger charge is -2.26. The van der Waals surface area contributed by atoms with Crippen LogP contribution in [0.5, 0.6) is 0 Å². The number of hydrogen-bond donors (Lipinski definition) is 3. The van der Waals surface area contributed by atoms with Gasteiger partial charge in [0.2, 0.25) is 5.91 Å². The van der Waals surface area contributed by atoms with Crippen LogP contribution < -0.4 is 16.4 Å². The second-order valence-electron chi connectivity index (χ2n) is 2.53. The summed E-state index contributed by atoms with van der Waals surface area (Å²) in [4.78, 5) is 21.0. The quantitative estimate of drug-likeness (QED) is 0.468. The van der Waals surface area contributed by atoms with Crippen LogP contribution in [0.15, 0.2) is 0 Å². The van der Waals surface area contributed by atoms with Gasteiger partial charge in [-0.25, -0.2) is 4.79 Å². The van der Waals surface area contributed by atoms with E-state index in [1.54, 1.807) is 0 Å². The molecule has 0 aromatic heterocycles. The van der Waals surface area contributed by atoms with E-state index >= 15 is 0 Å². The van der Waals surface area contributed by atoms with Crippen molar-refractivity contribution in [1.29, 1.82) is 0 Å². The second kappa shape index (κ2) is 4.03. The minimum atomic E-state index is -0.827. The van der Waals surface area contributed by atoms with E-state index in [1.807, 2.05) is 5.32 Å². The summed E-state index contributed by atoms with van der Waals surface area (Å²) < 4.78 is 4.86. The van der Waals surface area contributed by atoms with E-state index in [0.717, 1.165) is 0 Å². The number of carbonyl (C=O) groups is 2. The highest BCUT2D eigenvalue weighted by molar-refractivity contribution is 5.94. The largest absolute Gasteiger partial charge is 0.378 e. The zero-order valence-electron chi connectivity index (χ0n) is 6.50. The molecular formula is C6H11N3O3. The highest BCUT2D eigenvalue weighted by atomic mass is 16.5. The molecule has 1 saturated heterocycles. The summed E-state index contributed by atoms with van der Waals surface area (Å²) >= 11 is 0. The van der Waals surface area contributed by atoms with E-state index in [9.17, 15) is 9.59 Å². The fourth-order valence-electron chi connectivity index (χ4n) is 0.772. The Morgan fingerprint density at radius 1 is 1.50 bits per heavy atom. The van der Waals surface area contributed by atoms with Crippen molar-refractivity contribution >= 4 is 11.9 Å². The maximum absolute atomic E-state index is 10.8. The monoisotopic (exact) mass is 173 g/mol. The van der Waals surface area contributed by atoms with Crippen LogP contribution in [0.25, 0.3) is 0 Å². The third-order valence-corrected chi connectivity index (χ3v) is 1.45. The molecule has 1 heterocycles. The molecule has 0 atom stereocenters. The van der Waals surface area contributed by atoms with Crippen molar-refractivity contribution in [1.82, 2.24) is 10.6 Å². The van der Waals surface area contributed by atoms with Gasteiger partial charge < -0.3 is 15.8 Å². The van der Waals surface area contributed by atoms with E-state index in [1.165, 1.54) is 0 Å². The van der Waals surface area contributed by atoms with Crippen molar-refractivity contribution in [3.8, 4) is 0 Å². The van der Waals surface area contributed by atoms with E-state index in [0.29, 0.717) is 13.2 Å². The van der Waals surface area contributed by atoms with Crippen molar-refractivity contribution in [3.05, 3.63) is 0 Å². The number of nitrogens with one attached hydrogen (secondary N) is 2. The highest BCUT2D eigenvalue weighted by Crippen LogP contribution is 1.97. The number of ether oxygens (including phenoxy) is 1. The van der Waals surface area contributed by atoms with Gasteiger partial charge in [0.05, 0.1) is 25.8 Å². The molecule has 0 unspecified atom stereocenters. The maximum Gasteiger partial charge on any atom is 0.318 e. The number of carbonyl (C=O) groups excluding carboxylic acids is 2. The Bertz CT molecular complexity index is 190. The first-order valence-corrected chi connectivity index (χ1v) is 3.59. The molecule has 0 bridgehead atoms. The fraction of sp³-hybridized carbons (Fsp3) is 0.667. The molecule has 4 N–H and O–H groups in total. The summed E-state index contributed by atoms with van der Waals surface area (Å²) in [5.41, 5.74) is 4.72. The number of amides is 3. The van der Waals surface area contributed by atoms with Gasteiger partial charge in [0.1, 0.15) is 0 Å². The van der Waals surface area contributed by atoms with Crippen LogP contribution in [-0.2, 0) is 9.53 Å². The highest BCUT2D eigenvalue weighted by Gasteiger charge is 2.18. The second-order valence-corrected chi connectivity index (χ2v) is 2.53. The third-order valence-electron chi connectivity index (χ3n) is 1.45. The lowest BCUT2D eigenvalue weighted by Crippen LogP contribution is -2.50. The number of hydrogen-bond acceptors (Lipinski definition) is 4. The lowest BCUT2D eigenvalue weighted by molar-refractivity contribution is -0.119. The molecule has 1 rings (SSSR count). The van der Waals surface area contributed by atoms with Crippen molar-refractivity contribution in [2.75, 3.05) is 19.8 Å². The molecule has 0 saturated carbocycles. The Morgan fingerprint density at radius 2 is 2.17 bits per heavy atom. The number of urea groups is 1. The lowest BCUT2D eigenvalue weighted by atomic mass is 10.2. The normalized spacial score (nSPS) is 16.7. The zero-order valence-corrected chi connectivity index (χ0v) is 6.50. The predicted molar refractivity (Wildman–Crippen MR) is 40.3 cm³/mol. The minimum Gasteiger partial charge on any atom is -0.378 e. The van der Waals surface area contributed by atoms with E-state index in [2.05, 4.69) is 5.32 Å². The van der Waals surface area contributed by atoms with E-state index in [-0.39, 0.29) is 12.6 Å². The molecule has 0 spiro atoms. The third kappa shape index (κ3) is 2.85. The summed E-state index contributed by atoms with van der Waals surface area (Å²) in [5, 5.41) is 4.82. The standard InChI is InChI=1S/C6H11N3O3/c7-6(11)9-5(10)1-8-4-2-12-3-4/h4,8H,1-3H2,(H3,7,9,10,11). The molecule has 1 fully saturated rings. The Kier molecular flexibility index (Phi) is 3.01. The Morgan fingerprint density at radius 3 is 2.58 bits per heavy atom. The zero-order chi connectivity index (χ0) is 8.97. The predicted octanol–water partition coefficient (Wildman–Crippen LogP) is -1.83. The first kappa shape index (κ1) is 8.95. The fourth-order valence-corrected chi connectivity index (χ4v) is 0.772. The summed E-state index contributed by atoms with van der Waals surface area (Å²) in [6.45, 7) is 1.32. The molecule has 6 nitrogen and oxygen atoms in total. The summed E-state index contributed by atoms with van der Waals surface area (Å²) in [5.74, 6) is -0.422. The number of imide groups is 1. The molecule has 1 aliphatic rings. The van der Waals surface area contributed by atoms with Gasteiger partial charge in [0.15, 0.2) is 0 Å². The number of primary amides is 1. The maximum atomic E-state index is 10.8. The molecule has 6 heteroatoms. The van der Waals surface area contributed by atoms with Crippen LogP contribution >= 0.6 is 0 Å². The van der Waals surface area contributed by atoms with Crippen molar-refractivity contribution in [3.63, 3.8) is 0 Å². The molecule has 0 radical (unpaired) electrons. The van der Waals surface area contributed by atoms with Gasteiger partial charge >= 0.3 is 6.03 Å². The van der Waals surface area contributed by atoms with Crippen LogP contribution in [0.3, 0.4) is 0 Å². The molecule has 68 valence electrons. The smallest absolute Gasteiger partial charge is 0.318 e. The molecule has 0 aliphatic carbocycles. The van der Waals surface area contributed by atoms with Crippen molar-refractivity contribution in [2.24, 2.45) is 5.73 Å². The summed E-state index contributed by atoms with van der Waals surface area (Å²) in [6, 6.07) is -0.602. The first-order valence-electron chi connectivity index (χ1n) is 3.59. The molecule has 12 heavy (non-hydrogen) atoms. The molecule has 0 aromatic rings. The SMILES string of the molecule is NC(=O)NC(=O)CNC1COC1. The average Bonchev–Trinajstić information content (AvgIpc) is 1.81. The van der Waals surface area contributed by atoms with Gasteiger partial charge in [-0.05, 0) is 0 Å². The number of nitrogens with two attached hydrogens (primary N) is 1. The van der Waals surface area contributed by atoms with Crippen LogP contribution in [0.2, 0.25) is 0 Å². The van der Waals surface area contributed by atoms with Gasteiger partial charge in [0, 0.05) is 0 Å².